The highest BCUT2D eigenvalue weighted by atomic mass is 79.9. The second-order valence-electron chi connectivity index (χ2n) is 7.07. The van der Waals surface area contributed by atoms with Gasteiger partial charge in [0.25, 0.3) is 0 Å². The van der Waals surface area contributed by atoms with Crippen molar-refractivity contribution in [1.29, 1.82) is 0 Å². The van der Waals surface area contributed by atoms with Crippen molar-refractivity contribution in [3.8, 4) is 0 Å². The highest BCUT2D eigenvalue weighted by molar-refractivity contribution is 9.11. The van der Waals surface area contributed by atoms with Gasteiger partial charge in [-0.1, -0.05) is 15.9 Å². The van der Waals surface area contributed by atoms with Gasteiger partial charge in [-0.3, -0.25) is 4.99 Å². The third-order valence-electron chi connectivity index (χ3n) is 3.94. The molecule has 2 heterocycles. The van der Waals surface area contributed by atoms with E-state index in [1.165, 1.54) is 4.48 Å². The van der Waals surface area contributed by atoms with Crippen molar-refractivity contribution in [3.63, 3.8) is 0 Å². The molecule has 2 aliphatic rings. The number of rotatable bonds is 5. The van der Waals surface area contributed by atoms with Gasteiger partial charge in [0.1, 0.15) is 0 Å². The second-order valence-corrected chi connectivity index (χ2v) is 10.9. The van der Waals surface area contributed by atoms with Crippen molar-refractivity contribution in [2.45, 2.75) is 50.8 Å². The van der Waals surface area contributed by atoms with E-state index in [1.54, 1.807) is 11.8 Å². The quantitative estimate of drug-likeness (QED) is 0.735. The summed E-state index contributed by atoms with van der Waals surface area (Å²) in [5.74, 6) is 2.33. The molecule has 3 atom stereocenters. The van der Waals surface area contributed by atoms with Crippen LogP contribution < -0.4 is 10.0 Å². The van der Waals surface area contributed by atoms with E-state index in [0.29, 0.717) is 5.92 Å². The van der Waals surface area contributed by atoms with E-state index in [9.17, 15) is 4.21 Å². The maximum Gasteiger partial charge on any atom is 0.0982 e. The number of nitrogens with zero attached hydrogens (tertiary/aromatic N) is 1. The van der Waals surface area contributed by atoms with Gasteiger partial charge in [-0.25, -0.2) is 8.93 Å². The minimum Gasteiger partial charge on any atom is -0.374 e. The monoisotopic (exact) mass is 407 g/mol. The highest BCUT2D eigenvalue weighted by Crippen LogP contribution is 2.41. The molecule has 2 N–H and O–H groups in total. The number of hydrogen-bond donors (Lipinski definition) is 2. The van der Waals surface area contributed by atoms with E-state index in [2.05, 4.69) is 43.3 Å². The fraction of sp³-hybridized carbons (Fsp3) is 0.800. The standard InChI is InChI=1S/C15H26BrN3OS2/c1-14(2,3)22(20)19-15(4,11-9-21-10-12(11)16)8-13-17-6-5-7-18-13/h10-11,19H,5-9H2,1-4H3,(H,17,18)/t11?,15-,22?/m0/s1. The van der Waals surface area contributed by atoms with Crippen LogP contribution in [0.2, 0.25) is 0 Å². The zero-order valence-corrected chi connectivity index (χ0v) is 17.0. The lowest BCUT2D eigenvalue weighted by Crippen LogP contribution is -2.55. The molecule has 0 amide bonds. The summed E-state index contributed by atoms with van der Waals surface area (Å²) < 4.78 is 17.0. The molecule has 0 aromatic heterocycles. The van der Waals surface area contributed by atoms with E-state index >= 15 is 0 Å². The Hall–Kier alpha value is 0.150. The third-order valence-corrected chi connectivity index (χ3v) is 7.74. The van der Waals surface area contributed by atoms with Crippen LogP contribution >= 0.6 is 27.7 Å². The lowest BCUT2D eigenvalue weighted by atomic mass is 9.84. The number of halogens is 1. The van der Waals surface area contributed by atoms with Crippen molar-refractivity contribution in [2.24, 2.45) is 10.9 Å². The van der Waals surface area contributed by atoms with Crippen molar-refractivity contribution in [2.75, 3.05) is 18.8 Å². The highest BCUT2D eigenvalue weighted by Gasteiger charge is 2.41. The van der Waals surface area contributed by atoms with Crippen molar-refractivity contribution < 1.29 is 4.21 Å². The Bertz CT molecular complexity index is 502. The lowest BCUT2D eigenvalue weighted by Gasteiger charge is -2.39. The van der Waals surface area contributed by atoms with E-state index < -0.39 is 11.0 Å². The smallest absolute Gasteiger partial charge is 0.0982 e. The second kappa shape index (κ2) is 7.36. The number of thioether (sulfide) groups is 1. The van der Waals surface area contributed by atoms with Crippen LogP contribution in [0.25, 0.3) is 0 Å². The normalized spacial score (nSPS) is 26.7. The van der Waals surface area contributed by atoms with Gasteiger partial charge in [0.2, 0.25) is 0 Å². The Balaban J connectivity index is 2.21. The molecule has 0 bridgehead atoms. The number of aliphatic imine (C=N–C) groups is 1. The molecule has 0 radical (unpaired) electrons. The van der Waals surface area contributed by atoms with E-state index in [1.807, 2.05) is 20.8 Å². The number of nitrogens with one attached hydrogen (secondary N) is 2. The molecule has 2 rings (SSSR count). The maximum absolute atomic E-state index is 12.7. The van der Waals surface area contributed by atoms with Crippen LogP contribution in [0.15, 0.2) is 14.9 Å². The lowest BCUT2D eigenvalue weighted by molar-refractivity contribution is 0.349. The summed E-state index contributed by atoms with van der Waals surface area (Å²) in [5, 5.41) is 5.55. The molecule has 2 aliphatic heterocycles. The van der Waals surface area contributed by atoms with Crippen LogP contribution in [0, 0.1) is 5.92 Å². The Labute approximate surface area is 149 Å². The van der Waals surface area contributed by atoms with E-state index in [-0.39, 0.29) is 10.3 Å². The van der Waals surface area contributed by atoms with Gasteiger partial charge in [-0.15, -0.1) is 11.8 Å². The molecule has 0 fully saturated rings. The predicted octanol–water partition coefficient (Wildman–Crippen LogP) is 3.18. The van der Waals surface area contributed by atoms with Gasteiger partial charge in [0.15, 0.2) is 0 Å². The summed E-state index contributed by atoms with van der Waals surface area (Å²) >= 11 is 5.49. The average molecular weight is 408 g/mol. The molecular formula is C15H26BrN3OS2. The summed E-state index contributed by atoms with van der Waals surface area (Å²) in [7, 11) is -1.11. The van der Waals surface area contributed by atoms with Crippen molar-refractivity contribution in [1.82, 2.24) is 10.0 Å². The Morgan fingerprint density at radius 3 is 2.73 bits per heavy atom. The molecule has 22 heavy (non-hydrogen) atoms. The summed E-state index contributed by atoms with van der Waals surface area (Å²) in [4.78, 5) is 4.61. The number of hydrogen-bond acceptors (Lipinski definition) is 4. The molecule has 0 spiro atoms. The topological polar surface area (TPSA) is 53.5 Å². The molecule has 7 heteroatoms. The van der Waals surface area contributed by atoms with Gasteiger partial charge >= 0.3 is 0 Å². The van der Waals surface area contributed by atoms with E-state index in [4.69, 9.17) is 0 Å². The summed E-state index contributed by atoms with van der Waals surface area (Å²) in [6.45, 7) is 10.0. The first-order valence-electron chi connectivity index (χ1n) is 7.66. The van der Waals surface area contributed by atoms with Crippen LogP contribution in [0.4, 0.5) is 0 Å². The van der Waals surface area contributed by atoms with Gasteiger partial charge in [0.05, 0.1) is 21.6 Å². The summed E-state index contributed by atoms with van der Waals surface area (Å²) in [6.07, 6.45) is 1.85. The van der Waals surface area contributed by atoms with Crippen LogP contribution in [-0.4, -0.2) is 39.2 Å². The van der Waals surface area contributed by atoms with Crippen LogP contribution in [0.3, 0.4) is 0 Å². The Morgan fingerprint density at radius 1 is 1.50 bits per heavy atom. The molecule has 0 aromatic carbocycles. The maximum atomic E-state index is 12.7. The first-order chi connectivity index (χ1) is 10.2. The fourth-order valence-corrected chi connectivity index (χ4v) is 5.90. The summed E-state index contributed by atoms with van der Waals surface area (Å²) in [5.41, 5.74) is -0.292. The van der Waals surface area contributed by atoms with Crippen LogP contribution in [0.1, 0.15) is 40.5 Å². The molecule has 0 saturated heterocycles. The molecule has 2 unspecified atom stereocenters. The molecule has 4 nitrogen and oxygen atoms in total. The predicted molar refractivity (Wildman–Crippen MR) is 102 cm³/mol. The summed E-state index contributed by atoms with van der Waals surface area (Å²) in [6, 6.07) is 0. The fourth-order valence-electron chi connectivity index (χ4n) is 2.52. The molecule has 126 valence electrons. The zero-order chi connectivity index (χ0) is 16.4. The minimum absolute atomic E-state index is 0.287. The zero-order valence-electron chi connectivity index (χ0n) is 13.7. The minimum atomic E-state index is -1.11. The SMILES string of the molecule is CC(C)(C)S(=O)N[C@@](C)(CC1=NCCCN1)C1CSC=C1Br. The first kappa shape index (κ1) is 18.5. The van der Waals surface area contributed by atoms with Crippen LogP contribution in [0.5, 0.6) is 0 Å². The largest absolute Gasteiger partial charge is 0.374 e. The third kappa shape index (κ3) is 4.58. The van der Waals surface area contributed by atoms with Crippen LogP contribution in [-0.2, 0) is 11.0 Å². The van der Waals surface area contributed by atoms with Crippen molar-refractivity contribution in [3.05, 3.63) is 9.89 Å². The van der Waals surface area contributed by atoms with Gasteiger partial charge < -0.3 is 5.32 Å². The molecular weight excluding hydrogens is 382 g/mol. The average Bonchev–Trinajstić information content (AvgIpc) is 2.85. The Kier molecular flexibility index (Phi) is 6.19. The molecule has 0 saturated carbocycles. The number of amidine groups is 1. The van der Waals surface area contributed by atoms with E-state index in [0.717, 1.165) is 37.5 Å². The van der Waals surface area contributed by atoms with Gasteiger partial charge in [-0.2, -0.15) is 0 Å². The first-order valence-corrected chi connectivity index (χ1v) is 10.7. The van der Waals surface area contributed by atoms with Crippen molar-refractivity contribution >= 4 is 44.5 Å². The molecule has 0 aliphatic carbocycles. The molecule has 0 aromatic rings. The van der Waals surface area contributed by atoms with Gasteiger partial charge in [0, 0.05) is 41.2 Å². The Morgan fingerprint density at radius 2 is 2.23 bits per heavy atom. The van der Waals surface area contributed by atoms with Gasteiger partial charge in [-0.05, 0) is 39.5 Å².